The molecule has 1 atom stereocenters. The predicted molar refractivity (Wildman–Crippen MR) is 121 cm³/mol. The van der Waals surface area contributed by atoms with E-state index in [1.807, 2.05) is 32.9 Å². The third-order valence-corrected chi connectivity index (χ3v) is 5.49. The zero-order valence-corrected chi connectivity index (χ0v) is 19.2. The number of halogens is 2. The number of allylic oxidation sites excluding steroid dienone is 7. The smallest absolute Gasteiger partial charge is 0.310 e. The predicted octanol–water partition coefficient (Wildman–Crippen LogP) is 6.86. The summed E-state index contributed by atoms with van der Waals surface area (Å²) in [5, 5.41) is 12.0. The highest BCUT2D eigenvalue weighted by molar-refractivity contribution is 6.36. The van der Waals surface area contributed by atoms with E-state index in [-0.39, 0.29) is 12.4 Å². The quantitative estimate of drug-likeness (QED) is 0.386. The van der Waals surface area contributed by atoms with E-state index < -0.39 is 11.7 Å². The lowest BCUT2D eigenvalue weighted by Crippen LogP contribution is -2.24. The number of aliphatic hydroxyl groups is 1. The molecule has 0 aromatic carbocycles. The van der Waals surface area contributed by atoms with E-state index in [4.69, 9.17) is 27.9 Å². The van der Waals surface area contributed by atoms with Gasteiger partial charge < -0.3 is 9.84 Å². The molecule has 0 saturated carbocycles. The Morgan fingerprint density at radius 1 is 1.31 bits per heavy atom. The van der Waals surface area contributed by atoms with Gasteiger partial charge in [-0.2, -0.15) is 0 Å². The molecule has 160 valence electrons. The van der Waals surface area contributed by atoms with Gasteiger partial charge in [0.05, 0.1) is 12.5 Å². The van der Waals surface area contributed by atoms with Gasteiger partial charge in [0.1, 0.15) is 5.60 Å². The first-order valence-electron chi connectivity index (χ1n) is 10.2. The van der Waals surface area contributed by atoms with Crippen LogP contribution in [0.3, 0.4) is 0 Å². The van der Waals surface area contributed by atoms with Crippen molar-refractivity contribution in [3.8, 4) is 0 Å². The molecule has 0 aromatic heterocycles. The Morgan fingerprint density at radius 2 is 2.03 bits per heavy atom. The molecule has 2 aliphatic rings. The number of rotatable bonds is 3. The molecule has 0 spiro atoms. The molecule has 0 aromatic rings. The second kappa shape index (κ2) is 10.7. The van der Waals surface area contributed by atoms with Crippen molar-refractivity contribution in [1.29, 1.82) is 0 Å². The fraction of sp³-hybridized carbons (Fsp3) is 0.542. The molecule has 2 aliphatic carbocycles. The zero-order chi connectivity index (χ0) is 21.6. The van der Waals surface area contributed by atoms with Crippen molar-refractivity contribution in [2.45, 2.75) is 83.8 Å². The lowest BCUT2D eigenvalue weighted by molar-refractivity contribution is -0.153. The van der Waals surface area contributed by atoms with Crippen molar-refractivity contribution in [3.05, 3.63) is 57.2 Å². The van der Waals surface area contributed by atoms with Crippen molar-refractivity contribution in [2.75, 3.05) is 0 Å². The summed E-state index contributed by atoms with van der Waals surface area (Å²) in [5.74, 6) is -0.251. The van der Waals surface area contributed by atoms with Gasteiger partial charge in [-0.25, -0.2) is 0 Å². The normalized spacial score (nSPS) is 23.6. The summed E-state index contributed by atoms with van der Waals surface area (Å²) < 4.78 is 5.42. The van der Waals surface area contributed by atoms with E-state index in [2.05, 4.69) is 12.7 Å². The number of carbonyl (C=O) groups excluding carboxylic acids is 1. The Hall–Kier alpha value is -1.29. The maximum atomic E-state index is 12.2. The van der Waals surface area contributed by atoms with Crippen LogP contribution < -0.4 is 0 Å². The maximum absolute atomic E-state index is 12.2. The second-order valence-corrected chi connectivity index (χ2v) is 9.75. The van der Waals surface area contributed by atoms with Gasteiger partial charge in [0, 0.05) is 22.1 Å². The van der Waals surface area contributed by atoms with Gasteiger partial charge in [-0.1, -0.05) is 64.7 Å². The average Bonchev–Trinajstić information content (AvgIpc) is 2.64. The lowest BCUT2D eigenvalue weighted by Gasteiger charge is -2.20. The molecule has 0 aliphatic heterocycles. The summed E-state index contributed by atoms with van der Waals surface area (Å²) >= 11 is 12.9. The second-order valence-electron chi connectivity index (χ2n) is 8.88. The molecule has 1 unspecified atom stereocenters. The van der Waals surface area contributed by atoms with Crippen molar-refractivity contribution in [1.82, 2.24) is 0 Å². The van der Waals surface area contributed by atoms with Crippen LogP contribution in [0.2, 0.25) is 0 Å². The van der Waals surface area contributed by atoms with Crippen LogP contribution in [0.1, 0.15) is 72.1 Å². The standard InChI is InChI=1S/C24H32Cl2O3/c1-16-9-10-21(25)20(22(26)11-16)14-17-7-5-6-8-18(13-19(27)12-17)15-23(28)29-24(2,3)4/h8,10,14,19,27H,1,5-7,9,11-13,15H2,2-4H3. The summed E-state index contributed by atoms with van der Waals surface area (Å²) in [7, 11) is 0. The van der Waals surface area contributed by atoms with Crippen LogP contribution in [-0.2, 0) is 9.53 Å². The Balaban J connectivity index is 2.11. The number of hydrogen-bond donors (Lipinski definition) is 1. The molecule has 0 radical (unpaired) electrons. The Kier molecular flexibility index (Phi) is 8.81. The molecule has 0 bridgehead atoms. The minimum Gasteiger partial charge on any atom is -0.460 e. The minimum absolute atomic E-state index is 0.223. The molecule has 0 fully saturated rings. The first kappa shape index (κ1) is 24.0. The number of carbonyl (C=O) groups is 1. The van der Waals surface area contributed by atoms with Gasteiger partial charge in [0.15, 0.2) is 0 Å². The monoisotopic (exact) mass is 438 g/mol. The van der Waals surface area contributed by atoms with Crippen molar-refractivity contribution < 1.29 is 14.6 Å². The SMILES string of the molecule is C=C1CC=C(Cl)C(C=C2CCCC=C(CC(=O)OC(C)(C)C)CC(O)C2)=C(Cl)C1. The van der Waals surface area contributed by atoms with Crippen LogP contribution in [0, 0.1) is 0 Å². The molecular formula is C24H32Cl2O3. The fourth-order valence-corrected chi connectivity index (χ4v) is 4.19. The van der Waals surface area contributed by atoms with Crippen LogP contribution in [0.25, 0.3) is 0 Å². The number of esters is 1. The summed E-state index contributed by atoms with van der Waals surface area (Å²) in [6.45, 7) is 9.59. The Bertz CT molecular complexity index is 763. The molecule has 3 nitrogen and oxygen atoms in total. The van der Waals surface area contributed by atoms with E-state index in [1.165, 1.54) is 0 Å². The average molecular weight is 439 g/mol. The van der Waals surface area contributed by atoms with E-state index >= 15 is 0 Å². The molecule has 29 heavy (non-hydrogen) atoms. The van der Waals surface area contributed by atoms with Crippen LogP contribution in [0.4, 0.5) is 0 Å². The lowest BCUT2D eigenvalue weighted by atomic mass is 9.97. The van der Waals surface area contributed by atoms with Gasteiger partial charge in [-0.05, 0) is 59.3 Å². The first-order chi connectivity index (χ1) is 13.5. The molecule has 2 rings (SSSR count). The largest absolute Gasteiger partial charge is 0.460 e. The highest BCUT2D eigenvalue weighted by atomic mass is 35.5. The van der Waals surface area contributed by atoms with Crippen molar-refractivity contribution in [3.63, 3.8) is 0 Å². The number of hydrogen-bond acceptors (Lipinski definition) is 3. The van der Waals surface area contributed by atoms with Gasteiger partial charge in [0.2, 0.25) is 0 Å². The third kappa shape index (κ3) is 8.54. The van der Waals surface area contributed by atoms with Gasteiger partial charge >= 0.3 is 5.97 Å². The van der Waals surface area contributed by atoms with Crippen LogP contribution >= 0.6 is 23.2 Å². The number of ether oxygens (including phenoxy) is 1. The molecule has 0 saturated heterocycles. The van der Waals surface area contributed by atoms with Gasteiger partial charge in [-0.15, -0.1) is 0 Å². The summed E-state index contributed by atoms with van der Waals surface area (Å²) in [6, 6.07) is 0. The Labute approximate surface area is 184 Å². The van der Waals surface area contributed by atoms with Crippen LogP contribution in [0.5, 0.6) is 0 Å². The highest BCUT2D eigenvalue weighted by Crippen LogP contribution is 2.34. The van der Waals surface area contributed by atoms with E-state index in [0.29, 0.717) is 29.3 Å². The minimum atomic E-state index is -0.559. The molecule has 5 heteroatoms. The van der Waals surface area contributed by atoms with Crippen LogP contribution in [-0.4, -0.2) is 22.8 Å². The van der Waals surface area contributed by atoms with E-state index in [9.17, 15) is 9.90 Å². The van der Waals surface area contributed by atoms with Crippen LogP contribution in [0.15, 0.2) is 57.2 Å². The molecule has 1 N–H and O–H groups in total. The summed E-state index contributed by atoms with van der Waals surface area (Å²) in [5.41, 5.74) is 3.42. The highest BCUT2D eigenvalue weighted by Gasteiger charge is 2.20. The summed E-state index contributed by atoms with van der Waals surface area (Å²) in [4.78, 5) is 12.2. The van der Waals surface area contributed by atoms with Gasteiger partial charge in [0.25, 0.3) is 0 Å². The topological polar surface area (TPSA) is 46.5 Å². The zero-order valence-electron chi connectivity index (χ0n) is 17.7. The van der Waals surface area contributed by atoms with Crippen molar-refractivity contribution in [2.24, 2.45) is 0 Å². The molecular weight excluding hydrogens is 407 g/mol. The Morgan fingerprint density at radius 3 is 2.72 bits per heavy atom. The summed E-state index contributed by atoms with van der Waals surface area (Å²) in [6.07, 6.45) is 10.7. The van der Waals surface area contributed by atoms with Crippen molar-refractivity contribution >= 4 is 29.2 Å². The molecule has 0 heterocycles. The molecule has 0 amide bonds. The van der Waals surface area contributed by atoms with E-state index in [1.54, 1.807) is 0 Å². The number of aliphatic hydroxyl groups excluding tert-OH is 1. The third-order valence-electron chi connectivity index (χ3n) is 4.80. The van der Waals surface area contributed by atoms with Gasteiger partial charge in [-0.3, -0.25) is 4.79 Å². The maximum Gasteiger partial charge on any atom is 0.310 e. The van der Waals surface area contributed by atoms with E-state index in [0.717, 1.165) is 48.0 Å². The fourth-order valence-electron chi connectivity index (χ4n) is 3.55. The first-order valence-corrected chi connectivity index (χ1v) is 11.0.